The summed E-state index contributed by atoms with van der Waals surface area (Å²) in [6.45, 7) is 4.18. The van der Waals surface area contributed by atoms with E-state index in [1.807, 2.05) is 31.2 Å². The maximum Gasteiger partial charge on any atom is 0.0953 e. The molecular formula is C13H17N3O. The van der Waals surface area contributed by atoms with Gasteiger partial charge in [0.25, 0.3) is 0 Å². The van der Waals surface area contributed by atoms with E-state index in [1.165, 1.54) is 0 Å². The summed E-state index contributed by atoms with van der Waals surface area (Å²) in [7, 11) is 0. The van der Waals surface area contributed by atoms with Crippen LogP contribution in [0.1, 0.15) is 6.92 Å². The van der Waals surface area contributed by atoms with Gasteiger partial charge in [-0.25, -0.2) is 0 Å². The summed E-state index contributed by atoms with van der Waals surface area (Å²) in [5.41, 5.74) is 8.56. The highest BCUT2D eigenvalue weighted by molar-refractivity contribution is 5.98. The summed E-state index contributed by atoms with van der Waals surface area (Å²) in [6, 6.07) is 7.72. The second-order valence-corrected chi connectivity index (χ2v) is 3.73. The molecule has 1 heterocycles. The molecule has 1 aromatic carbocycles. The van der Waals surface area contributed by atoms with Crippen LogP contribution in [0.3, 0.4) is 0 Å². The van der Waals surface area contributed by atoms with Crippen molar-refractivity contribution in [1.29, 1.82) is 0 Å². The number of hydrogen-bond donors (Lipinski definition) is 2. The minimum Gasteiger partial charge on any atom is -0.398 e. The van der Waals surface area contributed by atoms with Crippen LogP contribution >= 0.6 is 0 Å². The number of pyridine rings is 1. The van der Waals surface area contributed by atoms with Gasteiger partial charge < -0.3 is 15.8 Å². The highest BCUT2D eigenvalue weighted by Gasteiger charge is 2.03. The number of benzene rings is 1. The van der Waals surface area contributed by atoms with Gasteiger partial charge >= 0.3 is 0 Å². The van der Waals surface area contributed by atoms with E-state index in [2.05, 4.69) is 10.3 Å². The average Bonchev–Trinajstić information content (AvgIpc) is 2.37. The smallest absolute Gasteiger partial charge is 0.0953 e. The maximum absolute atomic E-state index is 5.91. The highest BCUT2D eigenvalue weighted by Crippen LogP contribution is 2.25. The number of rotatable bonds is 5. The Morgan fingerprint density at radius 1 is 1.35 bits per heavy atom. The van der Waals surface area contributed by atoms with Crippen LogP contribution in [-0.4, -0.2) is 24.7 Å². The molecule has 1 aromatic heterocycles. The summed E-state index contributed by atoms with van der Waals surface area (Å²) in [4.78, 5) is 4.36. The van der Waals surface area contributed by atoms with Gasteiger partial charge in [0.15, 0.2) is 0 Å². The predicted octanol–water partition coefficient (Wildman–Crippen LogP) is 2.27. The van der Waals surface area contributed by atoms with Crippen molar-refractivity contribution in [3.8, 4) is 0 Å². The third kappa shape index (κ3) is 2.65. The summed E-state index contributed by atoms with van der Waals surface area (Å²) in [6.07, 6.45) is 1.77. The molecule has 17 heavy (non-hydrogen) atoms. The summed E-state index contributed by atoms with van der Waals surface area (Å²) in [5, 5.41) is 4.29. The van der Waals surface area contributed by atoms with Gasteiger partial charge in [0.05, 0.1) is 17.8 Å². The Bertz CT molecular complexity index is 499. The Balaban J connectivity index is 2.20. The normalized spacial score (nSPS) is 10.6. The van der Waals surface area contributed by atoms with Crippen LogP contribution in [-0.2, 0) is 4.74 Å². The Kier molecular flexibility index (Phi) is 3.77. The molecule has 0 bridgehead atoms. The molecular weight excluding hydrogens is 214 g/mol. The minimum atomic E-state index is 0.690. The number of ether oxygens (including phenoxy) is 1. The molecule has 0 spiro atoms. The standard InChI is InChI=1S/C13H17N3O/c1-2-17-9-8-15-12-6-5-11(14)10-4-3-7-16-13(10)12/h3-7,15H,2,8-9,14H2,1H3. The van der Waals surface area contributed by atoms with Gasteiger partial charge in [-0.1, -0.05) is 0 Å². The molecule has 0 aliphatic carbocycles. The summed E-state index contributed by atoms with van der Waals surface area (Å²) >= 11 is 0. The van der Waals surface area contributed by atoms with Gasteiger partial charge in [-0.3, -0.25) is 4.98 Å². The SMILES string of the molecule is CCOCCNc1ccc(N)c2cccnc12. The first kappa shape index (κ1) is 11.7. The van der Waals surface area contributed by atoms with Crippen LogP contribution in [0.4, 0.5) is 11.4 Å². The van der Waals surface area contributed by atoms with E-state index < -0.39 is 0 Å². The average molecular weight is 231 g/mol. The molecule has 0 aliphatic heterocycles. The van der Waals surface area contributed by atoms with Crippen LogP contribution in [0.15, 0.2) is 30.5 Å². The molecule has 3 N–H and O–H groups in total. The second-order valence-electron chi connectivity index (χ2n) is 3.73. The van der Waals surface area contributed by atoms with E-state index in [1.54, 1.807) is 6.20 Å². The van der Waals surface area contributed by atoms with Crippen molar-refractivity contribution >= 4 is 22.3 Å². The molecule has 90 valence electrons. The molecule has 4 heteroatoms. The molecule has 0 radical (unpaired) electrons. The third-order valence-electron chi connectivity index (χ3n) is 2.57. The molecule has 2 aromatic rings. The molecule has 0 atom stereocenters. The lowest BCUT2D eigenvalue weighted by Crippen LogP contribution is -2.09. The van der Waals surface area contributed by atoms with Crippen LogP contribution in [0.5, 0.6) is 0 Å². The fourth-order valence-corrected chi connectivity index (χ4v) is 1.74. The van der Waals surface area contributed by atoms with Crippen LogP contribution < -0.4 is 11.1 Å². The number of nitrogens with zero attached hydrogens (tertiary/aromatic N) is 1. The van der Waals surface area contributed by atoms with Gasteiger partial charge in [-0.15, -0.1) is 0 Å². The maximum atomic E-state index is 5.91. The molecule has 0 fully saturated rings. The van der Waals surface area contributed by atoms with E-state index in [4.69, 9.17) is 10.5 Å². The number of anilines is 2. The zero-order valence-corrected chi connectivity index (χ0v) is 9.94. The van der Waals surface area contributed by atoms with E-state index >= 15 is 0 Å². The van der Waals surface area contributed by atoms with Crippen molar-refractivity contribution in [3.05, 3.63) is 30.5 Å². The largest absolute Gasteiger partial charge is 0.398 e. The number of nitrogens with one attached hydrogen (secondary N) is 1. The predicted molar refractivity (Wildman–Crippen MR) is 71.1 cm³/mol. The van der Waals surface area contributed by atoms with Gasteiger partial charge in [-0.2, -0.15) is 0 Å². The monoisotopic (exact) mass is 231 g/mol. The van der Waals surface area contributed by atoms with Crippen LogP contribution in [0, 0.1) is 0 Å². The fraction of sp³-hybridized carbons (Fsp3) is 0.308. The van der Waals surface area contributed by atoms with Crippen molar-refractivity contribution < 1.29 is 4.74 Å². The van der Waals surface area contributed by atoms with E-state index in [0.717, 1.165) is 35.4 Å². The highest BCUT2D eigenvalue weighted by atomic mass is 16.5. The van der Waals surface area contributed by atoms with Crippen LogP contribution in [0.25, 0.3) is 10.9 Å². The van der Waals surface area contributed by atoms with Crippen LogP contribution in [0.2, 0.25) is 0 Å². The minimum absolute atomic E-state index is 0.690. The lowest BCUT2D eigenvalue weighted by Gasteiger charge is -2.10. The van der Waals surface area contributed by atoms with Crippen molar-refractivity contribution in [2.45, 2.75) is 6.92 Å². The number of nitrogen functional groups attached to an aromatic ring is 1. The lowest BCUT2D eigenvalue weighted by atomic mass is 10.1. The molecule has 0 amide bonds. The van der Waals surface area contributed by atoms with Gasteiger partial charge in [-0.05, 0) is 31.2 Å². The zero-order valence-electron chi connectivity index (χ0n) is 9.94. The molecule has 0 saturated heterocycles. The lowest BCUT2D eigenvalue weighted by molar-refractivity contribution is 0.158. The zero-order chi connectivity index (χ0) is 12.1. The van der Waals surface area contributed by atoms with Crippen molar-refractivity contribution in [2.24, 2.45) is 0 Å². The number of nitrogens with two attached hydrogens (primary N) is 1. The van der Waals surface area contributed by atoms with Gasteiger partial charge in [0.2, 0.25) is 0 Å². The first-order chi connectivity index (χ1) is 8.33. The van der Waals surface area contributed by atoms with Gasteiger partial charge in [0.1, 0.15) is 0 Å². The van der Waals surface area contributed by atoms with E-state index in [9.17, 15) is 0 Å². The number of aromatic nitrogens is 1. The fourth-order valence-electron chi connectivity index (χ4n) is 1.74. The molecule has 2 rings (SSSR count). The quantitative estimate of drug-likeness (QED) is 0.612. The summed E-state index contributed by atoms with van der Waals surface area (Å²) in [5.74, 6) is 0. The van der Waals surface area contributed by atoms with Crippen molar-refractivity contribution in [1.82, 2.24) is 4.98 Å². The Hall–Kier alpha value is -1.81. The van der Waals surface area contributed by atoms with Crippen molar-refractivity contribution in [2.75, 3.05) is 30.8 Å². The topological polar surface area (TPSA) is 60.2 Å². The molecule has 0 saturated carbocycles. The summed E-state index contributed by atoms with van der Waals surface area (Å²) < 4.78 is 5.28. The van der Waals surface area contributed by atoms with E-state index in [-0.39, 0.29) is 0 Å². The number of hydrogen-bond acceptors (Lipinski definition) is 4. The molecule has 0 unspecified atom stereocenters. The first-order valence-corrected chi connectivity index (χ1v) is 5.77. The van der Waals surface area contributed by atoms with Crippen molar-refractivity contribution in [3.63, 3.8) is 0 Å². The van der Waals surface area contributed by atoms with E-state index in [0.29, 0.717) is 6.61 Å². The van der Waals surface area contributed by atoms with Gasteiger partial charge in [0, 0.05) is 30.4 Å². The second kappa shape index (κ2) is 5.50. The Morgan fingerprint density at radius 2 is 2.24 bits per heavy atom. The Morgan fingerprint density at radius 3 is 3.06 bits per heavy atom. The Labute approximate surface area is 101 Å². The first-order valence-electron chi connectivity index (χ1n) is 5.77. The molecule has 0 aliphatic rings. The number of fused-ring (bicyclic) bond motifs is 1. The molecule has 4 nitrogen and oxygen atoms in total. The third-order valence-corrected chi connectivity index (χ3v) is 2.57.